The summed E-state index contributed by atoms with van der Waals surface area (Å²) in [5.74, 6) is -0.834. The summed E-state index contributed by atoms with van der Waals surface area (Å²) in [6, 6.07) is 0. The van der Waals surface area contributed by atoms with E-state index in [1.54, 1.807) is 0 Å². The van der Waals surface area contributed by atoms with Crippen molar-refractivity contribution in [3.8, 4) is 0 Å². The Bertz CT molecular complexity index is 1910. The molecule has 0 saturated heterocycles. The van der Waals surface area contributed by atoms with Gasteiger partial charge in [0.05, 0.1) is 27.7 Å². The van der Waals surface area contributed by atoms with Gasteiger partial charge < -0.3 is 18.9 Å². The molecule has 0 aliphatic heterocycles. The molecule has 86 heavy (non-hydrogen) atoms. The molecule has 0 rings (SSSR count). The predicted octanol–water partition coefficient (Wildman–Crippen LogP) is 22.8. The van der Waals surface area contributed by atoms with Gasteiger partial charge in [0.1, 0.15) is 19.8 Å². The monoisotopic (exact) mass is 1220 g/mol. The number of phosphoric acid groups is 1. The van der Waals surface area contributed by atoms with Crippen LogP contribution in [-0.4, -0.2) is 74.9 Å². The van der Waals surface area contributed by atoms with E-state index < -0.39 is 26.5 Å². The van der Waals surface area contributed by atoms with Crippen molar-refractivity contribution >= 4 is 19.8 Å². The Kier molecular flexibility index (Phi) is 62.7. The third kappa shape index (κ3) is 69.3. The fraction of sp³-hybridized carbons (Fsp3) is 0.684. The van der Waals surface area contributed by atoms with Crippen molar-refractivity contribution in [2.75, 3.05) is 47.5 Å². The normalized spacial score (nSPS) is 14.0. The van der Waals surface area contributed by atoms with E-state index in [1.165, 1.54) is 141 Å². The smallest absolute Gasteiger partial charge is 0.462 e. The first-order chi connectivity index (χ1) is 42.0. The molecular formula is C76H131NO8P+. The van der Waals surface area contributed by atoms with Crippen LogP contribution in [0.5, 0.6) is 0 Å². The van der Waals surface area contributed by atoms with E-state index in [1.807, 2.05) is 21.1 Å². The van der Waals surface area contributed by atoms with Crippen LogP contribution < -0.4 is 0 Å². The van der Waals surface area contributed by atoms with Gasteiger partial charge in [-0.05, 0) is 96.3 Å². The van der Waals surface area contributed by atoms with Crippen LogP contribution in [0.15, 0.2) is 134 Å². The maximum atomic E-state index is 12.9. The second-order valence-corrected chi connectivity index (χ2v) is 25.6. The van der Waals surface area contributed by atoms with Crippen molar-refractivity contribution in [2.24, 2.45) is 0 Å². The fourth-order valence-electron chi connectivity index (χ4n) is 9.38. The quantitative estimate of drug-likeness (QED) is 0.0211. The molecule has 0 fully saturated rings. The Hall–Kier alpha value is -3.85. The summed E-state index contributed by atoms with van der Waals surface area (Å²) in [5.41, 5.74) is 0. The second-order valence-electron chi connectivity index (χ2n) is 24.2. The minimum atomic E-state index is -4.41. The largest absolute Gasteiger partial charge is 0.472 e. The van der Waals surface area contributed by atoms with Gasteiger partial charge in [0, 0.05) is 12.8 Å². The summed E-state index contributed by atoms with van der Waals surface area (Å²) in [4.78, 5) is 35.8. The van der Waals surface area contributed by atoms with Crippen molar-refractivity contribution < 1.29 is 42.1 Å². The van der Waals surface area contributed by atoms with Gasteiger partial charge >= 0.3 is 19.8 Å². The number of phosphoric ester groups is 1. The van der Waals surface area contributed by atoms with Crippen molar-refractivity contribution in [3.05, 3.63) is 134 Å². The van der Waals surface area contributed by atoms with E-state index in [0.29, 0.717) is 17.4 Å². The zero-order valence-electron chi connectivity index (χ0n) is 56.0. The van der Waals surface area contributed by atoms with Crippen LogP contribution in [0.1, 0.15) is 284 Å². The second kappa shape index (κ2) is 65.6. The number of esters is 2. The molecule has 0 aromatic carbocycles. The summed E-state index contributed by atoms with van der Waals surface area (Å²) in [7, 11) is 1.45. The zero-order valence-corrected chi connectivity index (χ0v) is 56.9. The highest BCUT2D eigenvalue weighted by Gasteiger charge is 2.27. The number of nitrogens with zero attached hydrogens (tertiary/aromatic N) is 1. The van der Waals surface area contributed by atoms with E-state index in [0.717, 1.165) is 109 Å². The van der Waals surface area contributed by atoms with Gasteiger partial charge in [-0.3, -0.25) is 18.6 Å². The van der Waals surface area contributed by atoms with Gasteiger partial charge in [0.15, 0.2) is 6.10 Å². The third-order valence-corrected chi connectivity index (χ3v) is 15.7. The van der Waals surface area contributed by atoms with E-state index >= 15 is 0 Å². The Morgan fingerprint density at radius 1 is 0.372 bits per heavy atom. The number of likely N-dealkylation sites (N-methyl/N-ethyl adjacent to an activating group) is 1. The molecule has 1 N–H and O–H groups in total. The average Bonchev–Trinajstić information content (AvgIpc) is 3.67. The number of unbranched alkanes of at least 4 members (excludes halogenated alkanes) is 27. The van der Waals surface area contributed by atoms with E-state index in [2.05, 4.69) is 148 Å². The first-order valence-electron chi connectivity index (χ1n) is 34.9. The number of carbonyl (C=O) groups excluding carboxylic acids is 2. The molecule has 0 aliphatic rings. The molecule has 2 unspecified atom stereocenters. The summed E-state index contributed by atoms with van der Waals surface area (Å²) in [6.45, 7) is 4.30. The van der Waals surface area contributed by atoms with Crippen molar-refractivity contribution in [1.82, 2.24) is 0 Å². The molecule has 0 aromatic heterocycles. The van der Waals surface area contributed by atoms with Gasteiger partial charge in [-0.25, -0.2) is 4.57 Å². The number of allylic oxidation sites excluding steroid dienone is 22. The zero-order chi connectivity index (χ0) is 62.6. The van der Waals surface area contributed by atoms with E-state index in [-0.39, 0.29) is 32.0 Å². The molecule has 0 saturated carbocycles. The maximum absolute atomic E-state index is 12.9. The van der Waals surface area contributed by atoms with Gasteiger partial charge in [0.25, 0.3) is 0 Å². The number of quaternary nitrogens is 1. The average molecular weight is 1220 g/mol. The lowest BCUT2D eigenvalue weighted by atomic mass is 10.0. The summed E-state index contributed by atoms with van der Waals surface area (Å²) in [6.07, 6.45) is 95.6. The molecule has 0 heterocycles. The van der Waals surface area contributed by atoms with Crippen LogP contribution in [0, 0.1) is 0 Å². The Morgan fingerprint density at radius 2 is 0.663 bits per heavy atom. The van der Waals surface area contributed by atoms with Crippen LogP contribution in [-0.2, 0) is 32.7 Å². The standard InChI is InChI=1S/C76H130NO8P/c1-6-8-10-12-14-16-18-20-22-24-26-28-30-32-33-34-35-36-37-38-39-40-41-42-43-45-47-49-51-53-55-57-59-61-63-65-67-69-76(79)85-74(73-84-86(80,81)83-71-70-77(3,4)5)72-82-75(78)68-66-64-62-60-58-56-54-52-50-48-46-44-31-29-27-25-23-21-19-17-15-13-11-9-7-2/h8,10,14,16,20,22,26,28,32-33,35-36,38-39,41-42,45,47,51,53,57,59,74H,6-7,9,11-13,15,17-19,21,23-25,27,29-31,34,37,40,43-44,46,48-50,52,54-56,58,60-73H2,1-5H3/p+1/b10-8-,16-14-,22-20-,28-26-,33-32-,36-35-,39-38-,42-41-,47-45-,53-51-,59-57-. The minimum Gasteiger partial charge on any atom is -0.462 e. The molecule has 0 aromatic rings. The first-order valence-corrected chi connectivity index (χ1v) is 36.4. The molecule has 9 nitrogen and oxygen atoms in total. The van der Waals surface area contributed by atoms with Gasteiger partial charge in [-0.15, -0.1) is 0 Å². The number of hydrogen-bond acceptors (Lipinski definition) is 7. The van der Waals surface area contributed by atoms with Crippen LogP contribution in [0.25, 0.3) is 0 Å². The molecule has 492 valence electrons. The molecule has 0 bridgehead atoms. The molecular weight excluding hydrogens is 1090 g/mol. The van der Waals surface area contributed by atoms with Crippen LogP contribution in [0.2, 0.25) is 0 Å². The number of carbonyl (C=O) groups is 2. The molecule has 0 aliphatic carbocycles. The first kappa shape index (κ1) is 82.1. The summed E-state index contributed by atoms with van der Waals surface area (Å²) in [5, 5.41) is 0. The van der Waals surface area contributed by atoms with Crippen molar-refractivity contribution in [1.29, 1.82) is 0 Å². The molecule has 0 amide bonds. The van der Waals surface area contributed by atoms with Crippen LogP contribution in [0.4, 0.5) is 0 Å². The third-order valence-electron chi connectivity index (χ3n) is 14.7. The Morgan fingerprint density at radius 3 is 0.988 bits per heavy atom. The Balaban J connectivity index is 4.18. The predicted molar refractivity (Wildman–Crippen MR) is 371 cm³/mol. The lowest BCUT2D eigenvalue weighted by molar-refractivity contribution is -0.870. The number of rotatable bonds is 63. The lowest BCUT2D eigenvalue weighted by Crippen LogP contribution is -2.37. The van der Waals surface area contributed by atoms with Gasteiger partial charge in [-0.1, -0.05) is 308 Å². The van der Waals surface area contributed by atoms with Crippen LogP contribution >= 0.6 is 7.82 Å². The lowest BCUT2D eigenvalue weighted by Gasteiger charge is -2.24. The van der Waals surface area contributed by atoms with Gasteiger partial charge in [-0.2, -0.15) is 0 Å². The fourth-order valence-corrected chi connectivity index (χ4v) is 10.1. The van der Waals surface area contributed by atoms with Gasteiger partial charge in [0.2, 0.25) is 0 Å². The van der Waals surface area contributed by atoms with E-state index in [4.69, 9.17) is 18.5 Å². The number of ether oxygens (including phenoxy) is 2. The minimum absolute atomic E-state index is 0.0195. The topological polar surface area (TPSA) is 108 Å². The highest BCUT2D eigenvalue weighted by atomic mass is 31.2. The number of hydrogen-bond donors (Lipinski definition) is 1. The van der Waals surface area contributed by atoms with E-state index in [9.17, 15) is 19.0 Å². The van der Waals surface area contributed by atoms with Crippen molar-refractivity contribution in [3.63, 3.8) is 0 Å². The van der Waals surface area contributed by atoms with Crippen molar-refractivity contribution in [2.45, 2.75) is 290 Å². The van der Waals surface area contributed by atoms with Crippen LogP contribution in [0.3, 0.4) is 0 Å². The molecule has 10 heteroatoms. The summed E-state index contributed by atoms with van der Waals surface area (Å²) >= 11 is 0. The molecule has 0 spiro atoms. The Labute approximate surface area is 530 Å². The highest BCUT2D eigenvalue weighted by Crippen LogP contribution is 2.43. The highest BCUT2D eigenvalue weighted by molar-refractivity contribution is 7.47. The SMILES string of the molecule is CC/C=C\C/C=C\C/C=C\C/C=C\C/C=C\C/C=C\C/C=C\C/C=C\C/C=C\C/C=C\C/C=C\CCCCCC(=O)OC(COC(=O)CCCCCCCCCCCCCCCCCCCCCCCCCCC)COP(=O)(O)OCC[N+](C)(C)C. The molecule has 2 atom stereocenters. The summed E-state index contributed by atoms with van der Waals surface area (Å²) < 4.78 is 34.7. The maximum Gasteiger partial charge on any atom is 0.472 e. The molecule has 0 radical (unpaired) electrons.